The molecule has 188 valence electrons. The van der Waals surface area contributed by atoms with Crippen molar-refractivity contribution in [2.75, 3.05) is 31.1 Å². The Morgan fingerprint density at radius 2 is 1.64 bits per heavy atom. The van der Waals surface area contributed by atoms with E-state index < -0.39 is 0 Å². The van der Waals surface area contributed by atoms with Gasteiger partial charge in [0, 0.05) is 64.3 Å². The van der Waals surface area contributed by atoms with Crippen LogP contribution in [0.2, 0.25) is 0 Å². The summed E-state index contributed by atoms with van der Waals surface area (Å²) in [5.41, 5.74) is 3.73. The molecule has 0 radical (unpaired) electrons. The van der Waals surface area contributed by atoms with E-state index in [1.54, 1.807) is 25.3 Å². The average Bonchev–Trinajstić information content (AvgIpc) is 2.87. The molecule has 2 aromatic carbocycles. The molecule has 0 unspecified atom stereocenters. The second-order valence-electron chi connectivity index (χ2n) is 9.26. The predicted octanol–water partition coefficient (Wildman–Crippen LogP) is 4.44. The van der Waals surface area contributed by atoms with Crippen molar-refractivity contribution in [2.24, 2.45) is 0 Å². The molecule has 7 heteroatoms. The summed E-state index contributed by atoms with van der Waals surface area (Å²) in [5, 5.41) is 0. The topological polar surface area (TPSA) is 56.8 Å². The molecule has 0 fully saturated rings. The molecule has 0 spiro atoms. The highest BCUT2D eigenvalue weighted by atomic mass is 19.1. The molecule has 2 heterocycles. The standard InChI is InChI=1S/C29H33FN4O2/c1-23(35)34-18-6-16-32(21-25-7-4-14-31-20-25)15-5-17-33(22-26-8-2-3-9-28(26)34)29(36)19-24-10-12-27(30)13-11-24/h2-4,7-14,20H,5-6,15-19,21-22H2,1H3. The van der Waals surface area contributed by atoms with Gasteiger partial charge in [0.05, 0.1) is 6.42 Å². The molecule has 1 aromatic heterocycles. The lowest BCUT2D eigenvalue weighted by atomic mass is 10.1. The van der Waals surface area contributed by atoms with Crippen LogP contribution in [0.15, 0.2) is 73.1 Å². The van der Waals surface area contributed by atoms with E-state index in [0.29, 0.717) is 19.6 Å². The molecule has 6 nitrogen and oxygen atoms in total. The second-order valence-corrected chi connectivity index (χ2v) is 9.26. The van der Waals surface area contributed by atoms with E-state index in [2.05, 4.69) is 16.0 Å². The first kappa shape index (κ1) is 25.5. The van der Waals surface area contributed by atoms with Gasteiger partial charge < -0.3 is 9.80 Å². The van der Waals surface area contributed by atoms with Gasteiger partial charge in [0.2, 0.25) is 11.8 Å². The average molecular weight is 489 g/mol. The molecule has 2 amide bonds. The van der Waals surface area contributed by atoms with E-state index >= 15 is 0 Å². The van der Waals surface area contributed by atoms with Crippen molar-refractivity contribution in [3.05, 3.63) is 95.6 Å². The van der Waals surface area contributed by atoms with E-state index in [9.17, 15) is 14.0 Å². The zero-order valence-corrected chi connectivity index (χ0v) is 20.8. The Hall–Kier alpha value is -3.58. The van der Waals surface area contributed by atoms with E-state index in [-0.39, 0.29) is 24.1 Å². The molecule has 36 heavy (non-hydrogen) atoms. The molecule has 0 bridgehead atoms. The molecule has 4 rings (SSSR count). The number of nitrogens with zero attached hydrogens (tertiary/aromatic N) is 4. The third-order valence-corrected chi connectivity index (χ3v) is 6.53. The summed E-state index contributed by atoms with van der Waals surface area (Å²) in [7, 11) is 0. The monoisotopic (exact) mass is 488 g/mol. The van der Waals surface area contributed by atoms with Crippen molar-refractivity contribution >= 4 is 17.5 Å². The van der Waals surface area contributed by atoms with Gasteiger partial charge in [-0.2, -0.15) is 0 Å². The van der Waals surface area contributed by atoms with Crippen LogP contribution in [-0.2, 0) is 29.1 Å². The largest absolute Gasteiger partial charge is 0.338 e. The van der Waals surface area contributed by atoms with Crippen LogP contribution < -0.4 is 4.90 Å². The summed E-state index contributed by atoms with van der Waals surface area (Å²) in [6.45, 7) is 5.66. The summed E-state index contributed by atoms with van der Waals surface area (Å²) < 4.78 is 13.4. The molecule has 0 saturated carbocycles. The number of halogens is 1. The first-order valence-electron chi connectivity index (χ1n) is 12.5. The lowest BCUT2D eigenvalue weighted by molar-refractivity contribution is -0.131. The zero-order valence-electron chi connectivity index (χ0n) is 20.8. The van der Waals surface area contributed by atoms with Crippen molar-refractivity contribution < 1.29 is 14.0 Å². The summed E-state index contributed by atoms with van der Waals surface area (Å²) in [4.78, 5) is 36.3. The van der Waals surface area contributed by atoms with Gasteiger partial charge in [-0.25, -0.2) is 4.39 Å². The van der Waals surface area contributed by atoms with E-state index in [1.807, 2.05) is 46.3 Å². The predicted molar refractivity (Wildman–Crippen MR) is 139 cm³/mol. The van der Waals surface area contributed by atoms with Crippen molar-refractivity contribution in [1.29, 1.82) is 0 Å². The number of benzene rings is 2. The van der Waals surface area contributed by atoms with Crippen molar-refractivity contribution in [3.8, 4) is 0 Å². The van der Waals surface area contributed by atoms with Gasteiger partial charge in [0.25, 0.3) is 0 Å². The Bertz CT molecular complexity index is 1150. The van der Waals surface area contributed by atoms with Crippen LogP contribution >= 0.6 is 0 Å². The summed E-state index contributed by atoms with van der Waals surface area (Å²) >= 11 is 0. The number of hydrogen-bond acceptors (Lipinski definition) is 4. The fourth-order valence-corrected chi connectivity index (χ4v) is 4.70. The number of fused-ring (bicyclic) bond motifs is 1. The maximum Gasteiger partial charge on any atom is 0.227 e. The summed E-state index contributed by atoms with van der Waals surface area (Å²) in [6.07, 6.45) is 5.53. The fourth-order valence-electron chi connectivity index (χ4n) is 4.70. The van der Waals surface area contributed by atoms with E-state index in [1.165, 1.54) is 12.1 Å². The number of hydrogen-bond donors (Lipinski definition) is 0. The smallest absolute Gasteiger partial charge is 0.227 e. The number of carbonyl (C=O) groups is 2. The van der Waals surface area contributed by atoms with Gasteiger partial charge in [-0.1, -0.05) is 36.4 Å². The zero-order chi connectivity index (χ0) is 25.3. The number of para-hydroxylation sites is 1. The van der Waals surface area contributed by atoms with Crippen LogP contribution in [0.1, 0.15) is 36.5 Å². The lowest BCUT2D eigenvalue weighted by Crippen LogP contribution is -2.38. The van der Waals surface area contributed by atoms with Crippen LogP contribution in [0.4, 0.5) is 10.1 Å². The normalized spacial score (nSPS) is 15.5. The maximum absolute atomic E-state index is 13.4. The fraction of sp³-hybridized carbons (Fsp3) is 0.345. The van der Waals surface area contributed by atoms with Crippen LogP contribution in [0.25, 0.3) is 0 Å². The number of anilines is 1. The highest BCUT2D eigenvalue weighted by Crippen LogP contribution is 2.24. The van der Waals surface area contributed by atoms with Crippen LogP contribution in [-0.4, -0.2) is 52.8 Å². The second kappa shape index (κ2) is 12.4. The number of pyridine rings is 1. The van der Waals surface area contributed by atoms with Crippen molar-refractivity contribution in [3.63, 3.8) is 0 Å². The first-order valence-corrected chi connectivity index (χ1v) is 12.5. The number of amides is 2. The molecule has 1 aliphatic heterocycles. The van der Waals surface area contributed by atoms with Gasteiger partial charge >= 0.3 is 0 Å². The number of rotatable bonds is 4. The maximum atomic E-state index is 13.4. The summed E-state index contributed by atoms with van der Waals surface area (Å²) in [6, 6.07) is 17.9. The Labute approximate surface area is 212 Å². The van der Waals surface area contributed by atoms with Gasteiger partial charge in [-0.3, -0.25) is 19.5 Å². The Balaban J connectivity index is 1.58. The molecule has 0 atom stereocenters. The Kier molecular flexibility index (Phi) is 8.79. The highest BCUT2D eigenvalue weighted by Gasteiger charge is 2.21. The third kappa shape index (κ3) is 6.98. The molecule has 0 aliphatic carbocycles. The Morgan fingerprint density at radius 3 is 2.36 bits per heavy atom. The van der Waals surface area contributed by atoms with E-state index in [4.69, 9.17) is 0 Å². The molecule has 0 saturated heterocycles. The lowest BCUT2D eigenvalue weighted by Gasteiger charge is -2.31. The van der Waals surface area contributed by atoms with Crippen molar-refractivity contribution in [2.45, 2.75) is 39.3 Å². The van der Waals surface area contributed by atoms with Gasteiger partial charge in [-0.05, 0) is 53.8 Å². The Morgan fingerprint density at radius 1 is 0.889 bits per heavy atom. The minimum absolute atomic E-state index is 0.0116. The minimum atomic E-state index is -0.315. The number of carbonyl (C=O) groups excluding carboxylic acids is 2. The van der Waals surface area contributed by atoms with Crippen LogP contribution in [0.5, 0.6) is 0 Å². The molecule has 1 aliphatic rings. The molecular weight excluding hydrogens is 455 g/mol. The summed E-state index contributed by atoms with van der Waals surface area (Å²) in [5.74, 6) is -0.339. The van der Waals surface area contributed by atoms with Gasteiger partial charge in [0.1, 0.15) is 5.82 Å². The van der Waals surface area contributed by atoms with Crippen LogP contribution in [0, 0.1) is 5.82 Å². The first-order chi connectivity index (χ1) is 17.5. The van der Waals surface area contributed by atoms with Crippen molar-refractivity contribution in [1.82, 2.24) is 14.8 Å². The molecule has 0 N–H and O–H groups in total. The van der Waals surface area contributed by atoms with E-state index in [0.717, 1.165) is 54.9 Å². The number of aromatic nitrogens is 1. The van der Waals surface area contributed by atoms with Gasteiger partial charge in [0.15, 0.2) is 0 Å². The third-order valence-electron chi connectivity index (χ3n) is 6.53. The minimum Gasteiger partial charge on any atom is -0.338 e. The quantitative estimate of drug-likeness (QED) is 0.545. The SMILES string of the molecule is CC(=O)N1CCCN(Cc2cccnc2)CCCN(C(=O)Cc2ccc(F)cc2)Cc2ccccc21. The van der Waals surface area contributed by atoms with Gasteiger partial charge in [-0.15, -0.1) is 0 Å². The highest BCUT2D eigenvalue weighted by molar-refractivity contribution is 5.92. The molecular formula is C29H33FN4O2. The molecule has 3 aromatic rings. The van der Waals surface area contributed by atoms with Crippen LogP contribution in [0.3, 0.4) is 0 Å².